The van der Waals surface area contributed by atoms with Gasteiger partial charge in [0.15, 0.2) is 5.69 Å². The van der Waals surface area contributed by atoms with Gasteiger partial charge in [0.05, 0.1) is 18.9 Å². The third-order valence-electron chi connectivity index (χ3n) is 1.94. The number of aryl methyl sites for hydroxylation is 1. The van der Waals surface area contributed by atoms with Crippen LogP contribution in [0.15, 0.2) is 11.3 Å². The molecule has 0 saturated heterocycles. The minimum atomic E-state index is -0.482. The molecular formula is C10H11N5O2. The monoisotopic (exact) mass is 233 g/mol. The molecule has 0 bridgehead atoms. The first-order valence-corrected chi connectivity index (χ1v) is 4.80. The van der Waals surface area contributed by atoms with E-state index in [1.54, 1.807) is 7.05 Å². The molecule has 0 fully saturated rings. The van der Waals surface area contributed by atoms with Gasteiger partial charge in [-0.2, -0.15) is 5.10 Å². The van der Waals surface area contributed by atoms with Gasteiger partial charge < -0.3 is 4.74 Å². The number of methoxy groups -OCH3 is 1. The van der Waals surface area contributed by atoms with E-state index in [0.29, 0.717) is 24.2 Å². The predicted octanol–water partition coefficient (Wildman–Crippen LogP) is 1.26. The lowest BCUT2D eigenvalue weighted by Crippen LogP contribution is -2.09. The van der Waals surface area contributed by atoms with Crippen molar-refractivity contribution in [3.05, 3.63) is 27.9 Å². The molecule has 1 rings (SSSR count). The third kappa shape index (κ3) is 3.26. The molecule has 7 nitrogen and oxygen atoms in total. The van der Waals surface area contributed by atoms with E-state index in [2.05, 4.69) is 31.7 Å². The fourth-order valence-corrected chi connectivity index (χ4v) is 1.18. The number of nitrogens with zero attached hydrogens (tertiary/aromatic N) is 5. The maximum Gasteiger partial charge on any atom is 0.357 e. The standard InChI is InChI=1S/C10H11N5O2/c1-15-9(10(16)17-2)8(7-13-15)5-3-4-6-12-14-11/h7H,4,6H2,1-2H3. The molecule has 0 amide bonds. The number of hydrogen-bond acceptors (Lipinski definition) is 4. The van der Waals surface area contributed by atoms with E-state index in [-0.39, 0.29) is 0 Å². The maximum absolute atomic E-state index is 11.4. The Labute approximate surface area is 98.0 Å². The van der Waals surface area contributed by atoms with Gasteiger partial charge in [0.1, 0.15) is 0 Å². The zero-order valence-electron chi connectivity index (χ0n) is 9.54. The second kappa shape index (κ2) is 6.20. The van der Waals surface area contributed by atoms with Gasteiger partial charge in [-0.25, -0.2) is 4.79 Å². The second-order valence-corrected chi connectivity index (χ2v) is 3.03. The fourth-order valence-electron chi connectivity index (χ4n) is 1.18. The molecule has 0 aliphatic heterocycles. The summed E-state index contributed by atoms with van der Waals surface area (Å²) < 4.78 is 6.03. The molecule has 1 aromatic rings. The average Bonchev–Trinajstić information content (AvgIpc) is 2.69. The van der Waals surface area contributed by atoms with Gasteiger partial charge >= 0.3 is 5.97 Å². The van der Waals surface area contributed by atoms with Crippen molar-refractivity contribution < 1.29 is 9.53 Å². The normalized spacial score (nSPS) is 8.82. The molecule has 0 aromatic carbocycles. The average molecular weight is 233 g/mol. The van der Waals surface area contributed by atoms with Crippen molar-refractivity contribution >= 4 is 5.97 Å². The van der Waals surface area contributed by atoms with E-state index in [0.717, 1.165) is 0 Å². The Morgan fingerprint density at radius 1 is 1.76 bits per heavy atom. The van der Waals surface area contributed by atoms with Crippen molar-refractivity contribution in [1.82, 2.24) is 9.78 Å². The lowest BCUT2D eigenvalue weighted by atomic mass is 10.2. The van der Waals surface area contributed by atoms with Crippen molar-refractivity contribution in [3.63, 3.8) is 0 Å². The Balaban J connectivity index is 2.84. The largest absolute Gasteiger partial charge is 0.464 e. The molecule has 0 atom stereocenters. The van der Waals surface area contributed by atoms with Crippen LogP contribution in [0.1, 0.15) is 22.5 Å². The molecule has 0 radical (unpaired) electrons. The highest BCUT2D eigenvalue weighted by Gasteiger charge is 2.15. The smallest absolute Gasteiger partial charge is 0.357 e. The number of aromatic nitrogens is 2. The highest BCUT2D eigenvalue weighted by Crippen LogP contribution is 2.07. The number of hydrogen-bond donors (Lipinski definition) is 0. The summed E-state index contributed by atoms with van der Waals surface area (Å²) in [6.07, 6.45) is 1.92. The van der Waals surface area contributed by atoms with E-state index in [1.165, 1.54) is 18.0 Å². The van der Waals surface area contributed by atoms with Crippen LogP contribution in [0, 0.1) is 11.8 Å². The quantitative estimate of drug-likeness (QED) is 0.196. The third-order valence-corrected chi connectivity index (χ3v) is 1.94. The summed E-state index contributed by atoms with van der Waals surface area (Å²) in [5.41, 5.74) is 8.88. The molecule has 0 unspecified atom stereocenters. The lowest BCUT2D eigenvalue weighted by molar-refractivity contribution is 0.0588. The lowest BCUT2D eigenvalue weighted by Gasteiger charge is -1.99. The predicted molar refractivity (Wildman–Crippen MR) is 60.1 cm³/mol. The van der Waals surface area contributed by atoms with Gasteiger partial charge in [-0.3, -0.25) is 4.68 Å². The fraction of sp³-hybridized carbons (Fsp3) is 0.400. The molecular weight excluding hydrogens is 222 g/mol. The number of carbonyl (C=O) groups excluding carboxylic acids is 1. The van der Waals surface area contributed by atoms with E-state index in [9.17, 15) is 4.79 Å². The number of esters is 1. The summed E-state index contributed by atoms with van der Waals surface area (Å²) in [5, 5.41) is 7.28. The van der Waals surface area contributed by atoms with E-state index >= 15 is 0 Å². The van der Waals surface area contributed by atoms with Gasteiger partial charge in [-0.15, -0.1) is 0 Å². The molecule has 7 heteroatoms. The molecule has 17 heavy (non-hydrogen) atoms. The first-order valence-electron chi connectivity index (χ1n) is 4.80. The maximum atomic E-state index is 11.4. The van der Waals surface area contributed by atoms with Crippen LogP contribution in [0.3, 0.4) is 0 Å². The van der Waals surface area contributed by atoms with E-state index in [1.807, 2.05) is 0 Å². The molecule has 88 valence electrons. The summed E-state index contributed by atoms with van der Waals surface area (Å²) in [5.74, 6) is 5.10. The first-order chi connectivity index (χ1) is 8.20. The summed E-state index contributed by atoms with van der Waals surface area (Å²) in [6, 6.07) is 0. The molecule has 0 aliphatic carbocycles. The topological polar surface area (TPSA) is 92.9 Å². The van der Waals surface area contributed by atoms with Gasteiger partial charge in [0, 0.05) is 24.9 Å². The minimum absolute atomic E-state index is 0.303. The molecule has 0 spiro atoms. The number of carbonyl (C=O) groups is 1. The zero-order chi connectivity index (χ0) is 12.7. The van der Waals surface area contributed by atoms with Crippen LogP contribution in [0.2, 0.25) is 0 Å². The minimum Gasteiger partial charge on any atom is -0.464 e. The van der Waals surface area contributed by atoms with Crippen LogP contribution >= 0.6 is 0 Å². The zero-order valence-corrected chi connectivity index (χ0v) is 9.54. The van der Waals surface area contributed by atoms with Crippen LogP contribution in [0.5, 0.6) is 0 Å². The highest BCUT2D eigenvalue weighted by atomic mass is 16.5. The molecule has 0 N–H and O–H groups in total. The molecule has 1 aromatic heterocycles. The number of rotatable bonds is 3. The Bertz CT molecular complexity index is 517. The van der Waals surface area contributed by atoms with Crippen molar-refractivity contribution in [2.75, 3.05) is 13.7 Å². The Kier molecular flexibility index (Phi) is 4.60. The van der Waals surface area contributed by atoms with Crippen molar-refractivity contribution in [3.8, 4) is 11.8 Å². The summed E-state index contributed by atoms with van der Waals surface area (Å²) >= 11 is 0. The van der Waals surface area contributed by atoms with Gasteiger partial charge in [0.25, 0.3) is 0 Å². The number of azide groups is 1. The van der Waals surface area contributed by atoms with Crippen LogP contribution < -0.4 is 0 Å². The number of ether oxygens (including phenoxy) is 1. The van der Waals surface area contributed by atoms with Crippen LogP contribution in [0.25, 0.3) is 10.4 Å². The van der Waals surface area contributed by atoms with Crippen molar-refractivity contribution in [1.29, 1.82) is 0 Å². The second-order valence-electron chi connectivity index (χ2n) is 3.03. The van der Waals surface area contributed by atoms with Gasteiger partial charge in [-0.1, -0.05) is 17.0 Å². The molecule has 1 heterocycles. The highest BCUT2D eigenvalue weighted by molar-refractivity contribution is 5.90. The first kappa shape index (κ1) is 12.6. The van der Waals surface area contributed by atoms with Gasteiger partial charge in [0.2, 0.25) is 0 Å². The Morgan fingerprint density at radius 2 is 2.53 bits per heavy atom. The van der Waals surface area contributed by atoms with Gasteiger partial charge in [-0.05, 0) is 5.53 Å². The van der Waals surface area contributed by atoms with Crippen molar-refractivity contribution in [2.24, 2.45) is 12.2 Å². The van der Waals surface area contributed by atoms with Crippen LogP contribution in [-0.2, 0) is 11.8 Å². The van der Waals surface area contributed by atoms with Crippen LogP contribution in [0.4, 0.5) is 0 Å². The molecule has 0 aliphatic rings. The Morgan fingerprint density at radius 3 is 3.18 bits per heavy atom. The Hall–Kier alpha value is -2.45. The van der Waals surface area contributed by atoms with E-state index < -0.39 is 5.97 Å². The summed E-state index contributed by atoms with van der Waals surface area (Å²) in [7, 11) is 2.94. The van der Waals surface area contributed by atoms with Crippen LogP contribution in [-0.4, -0.2) is 29.4 Å². The summed E-state index contributed by atoms with van der Waals surface area (Å²) in [4.78, 5) is 14.0. The summed E-state index contributed by atoms with van der Waals surface area (Å²) in [6.45, 7) is 0.303. The SMILES string of the molecule is COC(=O)c1c(C#CCCN=[N+]=[N-])cnn1C. The van der Waals surface area contributed by atoms with Crippen molar-refractivity contribution in [2.45, 2.75) is 6.42 Å². The molecule has 0 saturated carbocycles. The van der Waals surface area contributed by atoms with E-state index in [4.69, 9.17) is 5.53 Å².